The van der Waals surface area contributed by atoms with Crippen LogP contribution in [0.1, 0.15) is 49.3 Å². The highest BCUT2D eigenvalue weighted by Gasteiger charge is 2.48. The molecule has 0 bridgehead atoms. The van der Waals surface area contributed by atoms with Gasteiger partial charge in [-0.25, -0.2) is 0 Å². The quantitative estimate of drug-likeness (QED) is 0.580. The highest BCUT2D eigenvalue weighted by molar-refractivity contribution is 6.01. The predicted octanol–water partition coefficient (Wildman–Crippen LogP) is 5.38. The number of halogens is 3. The summed E-state index contributed by atoms with van der Waals surface area (Å²) in [6, 6.07) is 12.4. The molecule has 1 heterocycles. The maximum absolute atomic E-state index is 13.7. The van der Waals surface area contributed by atoms with Crippen LogP contribution >= 0.6 is 0 Å². The summed E-state index contributed by atoms with van der Waals surface area (Å²) in [6.45, 7) is 0.296. The largest absolute Gasteiger partial charge is 0.497 e. The standard InChI is InChI=1S/C25H26F3NO4/c1-32-21-8-2-17(3-9-21)16-33-22(25(26,27)28)18-4-6-19(7-5-18)29-15-14-24(23(29)31)12-10-20(30)11-13-24/h2-9,22H,10-16H2,1H3. The van der Waals surface area contributed by atoms with Crippen LogP contribution < -0.4 is 9.64 Å². The summed E-state index contributed by atoms with van der Waals surface area (Å²) in [4.78, 5) is 26.3. The molecule has 8 heteroatoms. The van der Waals surface area contributed by atoms with Crippen molar-refractivity contribution in [2.75, 3.05) is 18.6 Å². The number of amides is 1. The van der Waals surface area contributed by atoms with Crippen molar-refractivity contribution < 1.29 is 32.2 Å². The molecule has 176 valence electrons. The minimum absolute atomic E-state index is 0.0237. The van der Waals surface area contributed by atoms with E-state index in [0.717, 1.165) is 0 Å². The van der Waals surface area contributed by atoms with E-state index in [2.05, 4.69) is 0 Å². The number of ketones is 1. The Morgan fingerprint density at radius 2 is 1.61 bits per heavy atom. The lowest BCUT2D eigenvalue weighted by atomic mass is 9.72. The number of nitrogens with zero attached hydrogens (tertiary/aromatic N) is 1. The minimum Gasteiger partial charge on any atom is -0.497 e. The van der Waals surface area contributed by atoms with E-state index in [-0.39, 0.29) is 23.9 Å². The number of anilines is 1. The smallest absolute Gasteiger partial charge is 0.418 e. The molecule has 1 unspecified atom stereocenters. The fourth-order valence-corrected chi connectivity index (χ4v) is 4.65. The highest BCUT2D eigenvalue weighted by atomic mass is 19.4. The number of carbonyl (C=O) groups excluding carboxylic acids is 2. The van der Waals surface area contributed by atoms with Gasteiger partial charge in [-0.1, -0.05) is 24.3 Å². The maximum Gasteiger partial charge on any atom is 0.418 e. The van der Waals surface area contributed by atoms with Crippen molar-refractivity contribution in [2.24, 2.45) is 5.41 Å². The highest BCUT2D eigenvalue weighted by Crippen LogP contribution is 2.45. The Morgan fingerprint density at radius 1 is 0.970 bits per heavy atom. The van der Waals surface area contributed by atoms with E-state index < -0.39 is 17.7 Å². The molecule has 1 atom stereocenters. The monoisotopic (exact) mass is 461 g/mol. The molecule has 5 nitrogen and oxygen atoms in total. The number of hydrogen-bond donors (Lipinski definition) is 0. The molecule has 1 saturated carbocycles. The SMILES string of the molecule is COc1ccc(COC(c2ccc(N3CCC4(CCC(=O)CC4)C3=O)cc2)C(F)(F)F)cc1. The summed E-state index contributed by atoms with van der Waals surface area (Å²) in [7, 11) is 1.51. The number of benzene rings is 2. The summed E-state index contributed by atoms with van der Waals surface area (Å²) >= 11 is 0. The number of ether oxygens (including phenoxy) is 2. The lowest BCUT2D eigenvalue weighted by Crippen LogP contribution is -2.37. The van der Waals surface area contributed by atoms with Gasteiger partial charge < -0.3 is 14.4 Å². The van der Waals surface area contributed by atoms with Crippen LogP contribution in [0, 0.1) is 5.41 Å². The summed E-state index contributed by atoms with van der Waals surface area (Å²) in [5.41, 5.74) is 0.626. The maximum atomic E-state index is 13.7. The Labute approximate surface area is 190 Å². The number of hydrogen-bond acceptors (Lipinski definition) is 4. The molecule has 2 aromatic rings. The first kappa shape index (κ1) is 23.3. The summed E-state index contributed by atoms with van der Waals surface area (Å²) < 4.78 is 51.5. The van der Waals surface area contributed by atoms with Gasteiger partial charge in [-0.15, -0.1) is 0 Å². The Bertz CT molecular complexity index is 992. The first-order valence-corrected chi connectivity index (χ1v) is 11.0. The van der Waals surface area contributed by atoms with E-state index >= 15 is 0 Å². The first-order valence-electron chi connectivity index (χ1n) is 11.0. The lowest BCUT2D eigenvalue weighted by Gasteiger charge is -2.31. The van der Waals surface area contributed by atoms with Crippen molar-refractivity contribution in [3.8, 4) is 5.75 Å². The van der Waals surface area contributed by atoms with Gasteiger partial charge in [0, 0.05) is 25.1 Å². The number of carbonyl (C=O) groups is 2. The third-order valence-electron chi connectivity index (χ3n) is 6.66. The molecule has 33 heavy (non-hydrogen) atoms. The Kier molecular flexibility index (Phi) is 6.47. The average molecular weight is 461 g/mol. The number of Topliss-reactive ketones (excluding diaryl/α,β-unsaturated/α-hetero) is 1. The summed E-state index contributed by atoms with van der Waals surface area (Å²) in [5.74, 6) is 0.759. The molecule has 1 spiro atoms. The molecular weight excluding hydrogens is 435 g/mol. The van der Waals surface area contributed by atoms with Crippen LogP contribution in [0.25, 0.3) is 0 Å². The van der Waals surface area contributed by atoms with Crippen LogP contribution in [-0.4, -0.2) is 31.5 Å². The van der Waals surface area contributed by atoms with Gasteiger partial charge in [0.1, 0.15) is 11.5 Å². The lowest BCUT2D eigenvalue weighted by molar-refractivity contribution is -0.227. The second-order valence-electron chi connectivity index (χ2n) is 8.70. The van der Waals surface area contributed by atoms with Gasteiger partial charge in [0.25, 0.3) is 0 Å². The fraction of sp³-hybridized carbons (Fsp3) is 0.440. The number of alkyl halides is 3. The molecule has 2 aromatic carbocycles. The van der Waals surface area contributed by atoms with Gasteiger partial charge in [-0.3, -0.25) is 9.59 Å². The van der Waals surface area contributed by atoms with Crippen molar-refractivity contribution in [3.63, 3.8) is 0 Å². The van der Waals surface area contributed by atoms with E-state index in [1.54, 1.807) is 29.2 Å². The minimum atomic E-state index is -4.59. The van der Waals surface area contributed by atoms with Gasteiger partial charge in [0.05, 0.1) is 19.1 Å². The van der Waals surface area contributed by atoms with Crippen molar-refractivity contribution in [1.82, 2.24) is 0 Å². The van der Waals surface area contributed by atoms with E-state index in [9.17, 15) is 22.8 Å². The van der Waals surface area contributed by atoms with Crippen LogP contribution in [0.2, 0.25) is 0 Å². The van der Waals surface area contributed by atoms with Crippen LogP contribution in [-0.2, 0) is 20.9 Å². The third kappa shape index (κ3) is 4.90. The molecule has 1 amide bonds. The van der Waals surface area contributed by atoms with E-state index in [1.807, 2.05) is 0 Å². The van der Waals surface area contributed by atoms with Crippen LogP contribution in [0.4, 0.5) is 18.9 Å². The Hall–Kier alpha value is -2.87. The molecule has 0 aromatic heterocycles. The molecule has 0 radical (unpaired) electrons. The van der Waals surface area contributed by atoms with Gasteiger partial charge in [-0.2, -0.15) is 13.2 Å². The molecule has 2 fully saturated rings. The van der Waals surface area contributed by atoms with Crippen LogP contribution in [0.3, 0.4) is 0 Å². The average Bonchev–Trinajstić information content (AvgIpc) is 3.12. The number of methoxy groups -OCH3 is 1. The molecule has 1 aliphatic carbocycles. The van der Waals surface area contributed by atoms with Gasteiger partial charge >= 0.3 is 6.18 Å². The number of rotatable bonds is 6. The normalized spacial score (nSPS) is 19.2. The van der Waals surface area contributed by atoms with Crippen LogP contribution in [0.5, 0.6) is 5.75 Å². The second-order valence-corrected chi connectivity index (χ2v) is 8.70. The van der Waals surface area contributed by atoms with Gasteiger partial charge in [-0.05, 0) is 54.7 Å². The van der Waals surface area contributed by atoms with E-state index in [0.29, 0.717) is 55.6 Å². The Morgan fingerprint density at radius 3 is 2.18 bits per heavy atom. The molecule has 4 rings (SSSR count). The van der Waals surface area contributed by atoms with Crippen molar-refractivity contribution in [1.29, 1.82) is 0 Å². The third-order valence-corrected chi connectivity index (χ3v) is 6.66. The topological polar surface area (TPSA) is 55.8 Å². The zero-order valence-electron chi connectivity index (χ0n) is 18.4. The predicted molar refractivity (Wildman–Crippen MR) is 116 cm³/mol. The molecular formula is C25H26F3NO4. The molecule has 2 aliphatic rings. The zero-order valence-corrected chi connectivity index (χ0v) is 18.4. The van der Waals surface area contributed by atoms with E-state index in [4.69, 9.17) is 9.47 Å². The van der Waals surface area contributed by atoms with Crippen molar-refractivity contribution in [3.05, 3.63) is 59.7 Å². The fourth-order valence-electron chi connectivity index (χ4n) is 4.65. The summed E-state index contributed by atoms with van der Waals surface area (Å²) in [6.07, 6.45) is -4.08. The zero-order chi connectivity index (χ0) is 23.6. The van der Waals surface area contributed by atoms with Crippen molar-refractivity contribution in [2.45, 2.75) is 51.0 Å². The van der Waals surface area contributed by atoms with Gasteiger partial charge in [0.15, 0.2) is 6.10 Å². The van der Waals surface area contributed by atoms with Gasteiger partial charge in [0.2, 0.25) is 5.91 Å². The molecule has 0 N–H and O–H groups in total. The Balaban J connectivity index is 1.46. The molecule has 1 saturated heterocycles. The van der Waals surface area contributed by atoms with Crippen molar-refractivity contribution >= 4 is 17.4 Å². The molecule has 1 aliphatic heterocycles. The first-order chi connectivity index (χ1) is 15.7. The van der Waals surface area contributed by atoms with E-state index in [1.165, 1.54) is 31.4 Å². The second kappa shape index (κ2) is 9.17. The van der Waals surface area contributed by atoms with Crippen LogP contribution in [0.15, 0.2) is 48.5 Å². The summed E-state index contributed by atoms with van der Waals surface area (Å²) in [5, 5.41) is 0.